The molecule has 1 atom stereocenters. The molecule has 1 aliphatic rings. The maximum Gasteiger partial charge on any atom is 0.251 e. The average molecular weight is 350 g/mol. The van der Waals surface area contributed by atoms with Gasteiger partial charge in [0.25, 0.3) is 5.91 Å². The molecule has 2 rings (SSSR count). The fraction of sp³-hybridized carbons (Fsp3) is 0.471. The third kappa shape index (κ3) is 4.05. The first kappa shape index (κ1) is 18.2. The Kier molecular flexibility index (Phi) is 5.47. The first-order chi connectivity index (χ1) is 11.3. The quantitative estimate of drug-likeness (QED) is 0.844. The molecule has 0 bridgehead atoms. The van der Waals surface area contributed by atoms with E-state index in [2.05, 4.69) is 5.32 Å². The lowest BCUT2D eigenvalue weighted by atomic mass is 9.89. The van der Waals surface area contributed by atoms with Gasteiger partial charge < -0.3 is 15.3 Å². The number of carbonyl (C=O) groups is 2. The number of nitrogens with zero attached hydrogens (tertiary/aromatic N) is 2. The van der Waals surface area contributed by atoms with Gasteiger partial charge >= 0.3 is 0 Å². The van der Waals surface area contributed by atoms with Crippen LogP contribution in [0.5, 0.6) is 0 Å². The Balaban J connectivity index is 2.02. The summed E-state index contributed by atoms with van der Waals surface area (Å²) in [4.78, 5) is 26.4. The van der Waals surface area contributed by atoms with E-state index in [-0.39, 0.29) is 37.2 Å². The number of aliphatic hydroxyl groups is 1. The molecule has 1 unspecified atom stereocenters. The number of nitrogens with one attached hydrogen (secondary N) is 1. The Morgan fingerprint density at radius 2 is 1.96 bits per heavy atom. The molecule has 0 radical (unpaired) electrons. The third-order valence-electron chi connectivity index (χ3n) is 4.02. The molecule has 1 aromatic rings. The molecule has 0 saturated carbocycles. The number of hydrogen-bond acceptors (Lipinski definition) is 4. The minimum absolute atomic E-state index is 0.0136. The molecule has 1 aliphatic heterocycles. The molecule has 0 spiro atoms. The first-order valence-electron chi connectivity index (χ1n) is 7.70. The molecule has 1 heterocycles. The molecular weight excluding hydrogens is 330 g/mol. The lowest BCUT2D eigenvalue weighted by Crippen LogP contribution is -2.66. The maximum absolute atomic E-state index is 12.6. The van der Waals surface area contributed by atoms with Crippen LogP contribution in [0, 0.1) is 17.2 Å². The minimum Gasteiger partial charge on any atom is -0.385 e. The van der Waals surface area contributed by atoms with Crippen molar-refractivity contribution in [3.8, 4) is 6.07 Å². The van der Waals surface area contributed by atoms with E-state index in [1.807, 2.05) is 19.9 Å². The minimum atomic E-state index is -1.13. The monoisotopic (exact) mass is 349 g/mol. The van der Waals surface area contributed by atoms with E-state index in [4.69, 9.17) is 16.9 Å². The van der Waals surface area contributed by atoms with E-state index < -0.39 is 11.6 Å². The number of rotatable bonds is 5. The van der Waals surface area contributed by atoms with Crippen molar-refractivity contribution >= 4 is 23.4 Å². The molecule has 0 aliphatic carbocycles. The number of benzene rings is 1. The summed E-state index contributed by atoms with van der Waals surface area (Å²) in [6.45, 7) is 3.90. The summed E-state index contributed by atoms with van der Waals surface area (Å²) in [6, 6.07) is 7.62. The van der Waals surface area contributed by atoms with Crippen molar-refractivity contribution in [3.63, 3.8) is 0 Å². The smallest absolute Gasteiger partial charge is 0.251 e. The standard InChI is InChI=1S/C17H20ClN3O3/c1-11(2)14(16(23)21-9-17(24,10-21)7-8-19)20-15(22)12-3-5-13(18)6-4-12/h3-6,11,14,24H,7,9-10H2,1-2H3,(H,20,22). The zero-order valence-corrected chi connectivity index (χ0v) is 14.4. The molecule has 0 aromatic heterocycles. The van der Waals surface area contributed by atoms with Crippen LogP contribution in [0.4, 0.5) is 0 Å². The highest BCUT2D eigenvalue weighted by molar-refractivity contribution is 6.30. The molecule has 1 aromatic carbocycles. The number of hydrogen-bond donors (Lipinski definition) is 2. The molecule has 2 N–H and O–H groups in total. The number of halogens is 1. The number of nitriles is 1. The normalized spacial score (nSPS) is 16.9. The SMILES string of the molecule is CC(C)C(NC(=O)c1ccc(Cl)cc1)C(=O)N1CC(O)(CC#N)C1. The maximum atomic E-state index is 12.6. The van der Waals surface area contributed by atoms with Crippen LogP contribution in [0.25, 0.3) is 0 Å². The van der Waals surface area contributed by atoms with Gasteiger partial charge in [0.1, 0.15) is 11.6 Å². The number of amides is 2. The zero-order valence-electron chi connectivity index (χ0n) is 13.6. The van der Waals surface area contributed by atoms with E-state index in [0.29, 0.717) is 10.6 Å². The molecule has 1 fully saturated rings. The van der Waals surface area contributed by atoms with Gasteiger partial charge in [0, 0.05) is 10.6 Å². The van der Waals surface area contributed by atoms with Gasteiger partial charge in [-0.3, -0.25) is 9.59 Å². The molecule has 24 heavy (non-hydrogen) atoms. The highest BCUT2D eigenvalue weighted by Crippen LogP contribution is 2.25. The van der Waals surface area contributed by atoms with Crippen molar-refractivity contribution < 1.29 is 14.7 Å². The molecule has 6 nitrogen and oxygen atoms in total. The van der Waals surface area contributed by atoms with Gasteiger partial charge in [-0.25, -0.2) is 0 Å². The lowest BCUT2D eigenvalue weighted by Gasteiger charge is -2.46. The zero-order chi connectivity index (χ0) is 17.9. The highest BCUT2D eigenvalue weighted by atomic mass is 35.5. The number of β-amino-alcohol motifs (C(OH)–C–C–N with tert-alkyl or cyclic N) is 1. The largest absolute Gasteiger partial charge is 0.385 e. The van der Waals surface area contributed by atoms with Crippen molar-refractivity contribution in [3.05, 3.63) is 34.9 Å². The Bertz CT molecular complexity index is 661. The summed E-state index contributed by atoms with van der Waals surface area (Å²) in [6.07, 6.45) is -0.0136. The van der Waals surface area contributed by atoms with Gasteiger partial charge in [0.15, 0.2) is 0 Å². The second kappa shape index (κ2) is 7.20. The molecular formula is C17H20ClN3O3. The van der Waals surface area contributed by atoms with Crippen LogP contribution in [0.3, 0.4) is 0 Å². The van der Waals surface area contributed by atoms with Crippen LogP contribution in [0.1, 0.15) is 30.6 Å². The van der Waals surface area contributed by atoms with Crippen molar-refractivity contribution in [2.75, 3.05) is 13.1 Å². The van der Waals surface area contributed by atoms with Crippen LogP contribution in [0.15, 0.2) is 24.3 Å². The Hall–Kier alpha value is -2.10. The van der Waals surface area contributed by atoms with Gasteiger partial charge in [-0.1, -0.05) is 25.4 Å². The van der Waals surface area contributed by atoms with Crippen LogP contribution in [-0.4, -0.2) is 46.6 Å². The van der Waals surface area contributed by atoms with E-state index in [1.165, 1.54) is 4.90 Å². The van der Waals surface area contributed by atoms with Gasteiger partial charge in [0.05, 0.1) is 25.6 Å². The lowest BCUT2D eigenvalue weighted by molar-refractivity contribution is -0.157. The topological polar surface area (TPSA) is 93.4 Å². The van der Waals surface area contributed by atoms with Crippen molar-refractivity contribution in [2.45, 2.75) is 31.9 Å². The second-order valence-electron chi connectivity index (χ2n) is 6.46. The fourth-order valence-corrected chi connectivity index (χ4v) is 2.74. The van der Waals surface area contributed by atoms with Gasteiger partial charge in [-0.2, -0.15) is 5.26 Å². The summed E-state index contributed by atoms with van der Waals surface area (Å²) in [7, 11) is 0. The van der Waals surface area contributed by atoms with Crippen molar-refractivity contribution in [1.82, 2.24) is 10.2 Å². The predicted molar refractivity (Wildman–Crippen MR) is 89.3 cm³/mol. The van der Waals surface area contributed by atoms with Gasteiger partial charge in [-0.05, 0) is 30.2 Å². The number of carbonyl (C=O) groups excluding carboxylic acids is 2. The van der Waals surface area contributed by atoms with Crippen LogP contribution in [-0.2, 0) is 4.79 Å². The van der Waals surface area contributed by atoms with Crippen molar-refractivity contribution in [1.29, 1.82) is 5.26 Å². The third-order valence-corrected chi connectivity index (χ3v) is 4.27. The second-order valence-corrected chi connectivity index (χ2v) is 6.89. The summed E-state index contributed by atoms with van der Waals surface area (Å²) in [5.74, 6) is -0.722. The molecule has 7 heteroatoms. The fourth-order valence-electron chi connectivity index (χ4n) is 2.62. The summed E-state index contributed by atoms with van der Waals surface area (Å²) >= 11 is 5.80. The highest BCUT2D eigenvalue weighted by Gasteiger charge is 2.45. The van der Waals surface area contributed by atoms with Gasteiger partial charge in [0.2, 0.25) is 5.91 Å². The summed E-state index contributed by atoms with van der Waals surface area (Å²) in [5.41, 5.74) is -0.714. The first-order valence-corrected chi connectivity index (χ1v) is 8.08. The van der Waals surface area contributed by atoms with Crippen LogP contribution >= 0.6 is 11.6 Å². The Morgan fingerprint density at radius 3 is 2.46 bits per heavy atom. The van der Waals surface area contributed by atoms with Crippen LogP contribution < -0.4 is 5.32 Å². The van der Waals surface area contributed by atoms with Crippen molar-refractivity contribution in [2.24, 2.45) is 5.92 Å². The average Bonchev–Trinajstić information content (AvgIpc) is 2.50. The van der Waals surface area contributed by atoms with E-state index >= 15 is 0 Å². The Labute approximate surface area is 146 Å². The molecule has 2 amide bonds. The van der Waals surface area contributed by atoms with E-state index in [9.17, 15) is 14.7 Å². The van der Waals surface area contributed by atoms with E-state index in [0.717, 1.165) is 0 Å². The summed E-state index contributed by atoms with van der Waals surface area (Å²) < 4.78 is 0. The summed E-state index contributed by atoms with van der Waals surface area (Å²) in [5, 5.41) is 22.0. The molecule has 128 valence electrons. The number of likely N-dealkylation sites (tertiary alicyclic amines) is 1. The van der Waals surface area contributed by atoms with E-state index in [1.54, 1.807) is 24.3 Å². The van der Waals surface area contributed by atoms with Gasteiger partial charge in [-0.15, -0.1) is 0 Å². The van der Waals surface area contributed by atoms with Crippen LogP contribution in [0.2, 0.25) is 5.02 Å². The molecule has 1 saturated heterocycles. The predicted octanol–water partition coefficient (Wildman–Crippen LogP) is 1.58. The Morgan fingerprint density at radius 1 is 1.38 bits per heavy atom.